The number of rotatable bonds is 5. The second kappa shape index (κ2) is 11.0. The van der Waals surface area contributed by atoms with Crippen molar-refractivity contribution in [3.05, 3.63) is 80.4 Å². The molecule has 0 unspecified atom stereocenters. The Morgan fingerprint density at radius 2 is 1.71 bits per heavy atom. The minimum atomic E-state index is -1.37. The fourth-order valence-electron chi connectivity index (χ4n) is 5.30. The fraction of sp³-hybridized carbons (Fsp3) is 0.333. The van der Waals surface area contributed by atoms with E-state index in [9.17, 15) is 29.5 Å². The topological polar surface area (TPSA) is 137 Å². The van der Waals surface area contributed by atoms with Crippen LogP contribution in [0.5, 0.6) is 0 Å². The van der Waals surface area contributed by atoms with Gasteiger partial charge in [0.1, 0.15) is 11.2 Å². The summed E-state index contributed by atoms with van der Waals surface area (Å²) in [6, 6.07) is 9.74. The molecule has 10 nitrogen and oxygen atoms in total. The van der Waals surface area contributed by atoms with Crippen molar-refractivity contribution < 1.29 is 23.9 Å². The molecule has 4 heterocycles. The Kier molecular flexibility index (Phi) is 7.41. The van der Waals surface area contributed by atoms with Crippen molar-refractivity contribution in [1.82, 2.24) is 14.5 Å². The standard InChI is InChI=1S/C28H22FN5O5.C2H6/c29-22-11-20-23(35)21(28(38)39)14-33(17-5-6-17)24(20)31-25(22)32-9-7-15(8-10-32)16(12-30)13-34-26(36)18-3-1-2-4-19(18)27(34)37;1-2/h1-4,11,14,17H,5-10,13H2,(H,38,39);1-2H3. The molecule has 11 heteroatoms. The number of nitrogens with zero attached hydrogens (tertiary/aromatic N) is 5. The smallest absolute Gasteiger partial charge is 0.341 e. The molecular formula is C30H28FN5O5. The summed E-state index contributed by atoms with van der Waals surface area (Å²) >= 11 is 0. The van der Waals surface area contributed by atoms with Crippen LogP contribution in [0.2, 0.25) is 0 Å². The molecule has 2 amide bonds. The van der Waals surface area contributed by atoms with Gasteiger partial charge in [0.2, 0.25) is 5.43 Å². The van der Waals surface area contributed by atoms with E-state index in [2.05, 4.69) is 11.1 Å². The zero-order chi connectivity index (χ0) is 29.4. The van der Waals surface area contributed by atoms with Gasteiger partial charge < -0.3 is 14.6 Å². The summed E-state index contributed by atoms with van der Waals surface area (Å²) in [5.74, 6) is -2.92. The number of carbonyl (C=O) groups excluding carboxylic acids is 2. The van der Waals surface area contributed by atoms with Crippen molar-refractivity contribution in [1.29, 1.82) is 5.26 Å². The van der Waals surface area contributed by atoms with E-state index in [-0.39, 0.29) is 29.4 Å². The van der Waals surface area contributed by atoms with Gasteiger partial charge in [0.05, 0.1) is 29.1 Å². The number of amides is 2. The second-order valence-electron chi connectivity index (χ2n) is 9.90. The highest BCUT2D eigenvalue weighted by Crippen LogP contribution is 2.37. The molecule has 2 fully saturated rings. The van der Waals surface area contributed by atoms with Crippen LogP contribution >= 0.6 is 0 Å². The molecule has 210 valence electrons. The summed E-state index contributed by atoms with van der Waals surface area (Å²) in [4.78, 5) is 57.1. The number of aromatic carboxylic acids is 1. The molecule has 1 saturated heterocycles. The van der Waals surface area contributed by atoms with Gasteiger partial charge in [-0.15, -0.1) is 0 Å². The lowest BCUT2D eigenvalue weighted by Crippen LogP contribution is -2.35. The number of benzene rings is 1. The molecule has 3 aliphatic rings. The van der Waals surface area contributed by atoms with Crippen molar-refractivity contribution in [2.75, 3.05) is 24.5 Å². The third-order valence-electron chi connectivity index (χ3n) is 7.53. The number of carboxylic acid groups (broad SMARTS) is 1. The maximum atomic E-state index is 15.2. The van der Waals surface area contributed by atoms with E-state index in [0.717, 1.165) is 29.4 Å². The van der Waals surface area contributed by atoms with Crippen LogP contribution in [0.3, 0.4) is 0 Å². The van der Waals surface area contributed by atoms with Gasteiger partial charge in [-0.2, -0.15) is 5.26 Å². The third-order valence-corrected chi connectivity index (χ3v) is 7.53. The first-order chi connectivity index (χ1) is 19.8. The Hall–Kier alpha value is -4.85. The number of pyridine rings is 2. The minimum Gasteiger partial charge on any atom is -0.477 e. The van der Waals surface area contributed by atoms with Crippen molar-refractivity contribution in [2.24, 2.45) is 0 Å². The summed E-state index contributed by atoms with van der Waals surface area (Å²) in [5, 5.41) is 19.2. The SMILES string of the molecule is CC.N#CC(CN1C(=O)c2ccccc2C1=O)=C1CCN(c2nc3c(cc2F)c(=O)c(C(=O)O)cn3C2CC2)CC1. The quantitative estimate of drug-likeness (QED) is 0.362. The minimum absolute atomic E-state index is 0.00763. The van der Waals surface area contributed by atoms with Crippen molar-refractivity contribution in [3.8, 4) is 6.07 Å². The van der Waals surface area contributed by atoms with E-state index in [1.807, 2.05) is 13.8 Å². The summed E-state index contributed by atoms with van der Waals surface area (Å²) in [7, 11) is 0. The summed E-state index contributed by atoms with van der Waals surface area (Å²) in [5.41, 5.74) is 0.803. The van der Waals surface area contributed by atoms with Gasteiger partial charge >= 0.3 is 5.97 Å². The van der Waals surface area contributed by atoms with Gasteiger partial charge in [0.25, 0.3) is 11.8 Å². The molecule has 1 aliphatic carbocycles. The van der Waals surface area contributed by atoms with Crippen LogP contribution in [-0.4, -0.2) is 57.0 Å². The van der Waals surface area contributed by atoms with Gasteiger partial charge in [-0.1, -0.05) is 31.6 Å². The Bertz CT molecular complexity index is 1690. The van der Waals surface area contributed by atoms with E-state index in [1.54, 1.807) is 33.7 Å². The van der Waals surface area contributed by atoms with Crippen molar-refractivity contribution in [3.63, 3.8) is 0 Å². The van der Waals surface area contributed by atoms with Crippen LogP contribution in [0, 0.1) is 17.1 Å². The number of carbonyl (C=O) groups is 3. The van der Waals surface area contributed by atoms with Gasteiger partial charge in [0.15, 0.2) is 11.6 Å². The highest BCUT2D eigenvalue weighted by molar-refractivity contribution is 6.21. The van der Waals surface area contributed by atoms with Crippen LogP contribution in [0.1, 0.15) is 76.6 Å². The predicted octanol–water partition coefficient (Wildman–Crippen LogP) is 4.31. The van der Waals surface area contributed by atoms with Gasteiger partial charge in [-0.3, -0.25) is 19.3 Å². The molecule has 1 saturated carbocycles. The number of anilines is 1. The third kappa shape index (κ3) is 4.86. The Labute approximate surface area is 234 Å². The lowest BCUT2D eigenvalue weighted by atomic mass is 9.98. The van der Waals surface area contributed by atoms with Crippen LogP contribution < -0.4 is 10.3 Å². The first-order valence-corrected chi connectivity index (χ1v) is 13.6. The van der Waals surface area contributed by atoms with Crippen LogP contribution in [-0.2, 0) is 0 Å². The number of aromatic nitrogens is 2. The highest BCUT2D eigenvalue weighted by atomic mass is 19.1. The summed E-state index contributed by atoms with van der Waals surface area (Å²) in [6.45, 7) is 4.54. The average molecular weight is 558 g/mol. The summed E-state index contributed by atoms with van der Waals surface area (Å²) in [6.07, 6.45) is 3.71. The average Bonchev–Trinajstić information content (AvgIpc) is 3.81. The highest BCUT2D eigenvalue weighted by Gasteiger charge is 2.36. The molecule has 0 bridgehead atoms. The largest absolute Gasteiger partial charge is 0.477 e. The van der Waals surface area contributed by atoms with Crippen LogP contribution in [0.15, 0.2) is 52.5 Å². The van der Waals surface area contributed by atoms with E-state index < -0.39 is 34.6 Å². The zero-order valence-corrected chi connectivity index (χ0v) is 22.7. The lowest BCUT2D eigenvalue weighted by Gasteiger charge is -2.31. The maximum absolute atomic E-state index is 15.2. The molecule has 1 aromatic carbocycles. The number of nitriles is 1. The number of carboxylic acids is 1. The van der Waals surface area contributed by atoms with E-state index in [4.69, 9.17) is 0 Å². The maximum Gasteiger partial charge on any atom is 0.341 e. The Morgan fingerprint density at radius 1 is 1.10 bits per heavy atom. The first-order valence-electron chi connectivity index (χ1n) is 13.6. The van der Waals surface area contributed by atoms with Gasteiger partial charge in [-0.05, 0) is 43.9 Å². The normalized spacial score (nSPS) is 16.3. The van der Waals surface area contributed by atoms with Crippen molar-refractivity contribution in [2.45, 2.75) is 45.6 Å². The fourth-order valence-corrected chi connectivity index (χ4v) is 5.30. The number of hydrogen-bond donors (Lipinski definition) is 1. The number of fused-ring (bicyclic) bond motifs is 2. The predicted molar refractivity (Wildman–Crippen MR) is 148 cm³/mol. The zero-order valence-electron chi connectivity index (χ0n) is 22.7. The molecule has 41 heavy (non-hydrogen) atoms. The monoisotopic (exact) mass is 557 g/mol. The van der Waals surface area contributed by atoms with Crippen molar-refractivity contribution >= 4 is 34.6 Å². The number of imide groups is 1. The molecule has 6 rings (SSSR count). The molecule has 0 radical (unpaired) electrons. The molecule has 2 aromatic heterocycles. The van der Waals surface area contributed by atoms with E-state index in [0.29, 0.717) is 42.6 Å². The number of hydrogen-bond acceptors (Lipinski definition) is 7. The van der Waals surface area contributed by atoms with E-state index >= 15 is 4.39 Å². The molecule has 0 atom stereocenters. The first kappa shape index (κ1) is 27.7. The lowest BCUT2D eigenvalue weighted by molar-refractivity contribution is 0.0663. The molecule has 2 aliphatic heterocycles. The number of piperidine rings is 1. The Morgan fingerprint density at radius 3 is 2.24 bits per heavy atom. The van der Waals surface area contributed by atoms with Crippen LogP contribution in [0.25, 0.3) is 11.0 Å². The van der Waals surface area contributed by atoms with E-state index in [1.165, 1.54) is 6.20 Å². The molecule has 0 spiro atoms. The van der Waals surface area contributed by atoms with Gasteiger partial charge in [0, 0.05) is 30.9 Å². The number of halogens is 1. The summed E-state index contributed by atoms with van der Waals surface area (Å²) < 4.78 is 16.9. The van der Waals surface area contributed by atoms with Gasteiger partial charge in [-0.25, -0.2) is 14.2 Å². The molecule has 3 aromatic rings. The molecule has 1 N–H and O–H groups in total. The van der Waals surface area contributed by atoms with Crippen LogP contribution in [0.4, 0.5) is 10.2 Å². The Balaban J connectivity index is 0.00000165. The second-order valence-corrected chi connectivity index (χ2v) is 9.90. The molecular weight excluding hydrogens is 529 g/mol.